The second-order valence-electron chi connectivity index (χ2n) is 21.7. The van der Waals surface area contributed by atoms with Crippen molar-refractivity contribution < 1.29 is 74.4 Å². The van der Waals surface area contributed by atoms with Crippen LogP contribution < -0.4 is 24.6 Å². The maximum atomic E-state index is 13.8. The van der Waals surface area contributed by atoms with Gasteiger partial charge in [0.05, 0.1) is 19.4 Å². The number of amides is 3. The van der Waals surface area contributed by atoms with Gasteiger partial charge in [0.1, 0.15) is 52.2 Å². The third kappa shape index (κ3) is 16.9. The molecule has 4 heterocycles. The number of aliphatic carboxylic acids is 1. The summed E-state index contributed by atoms with van der Waals surface area (Å²) < 4.78 is 105. The van der Waals surface area contributed by atoms with Crippen LogP contribution in [0.25, 0.3) is 22.3 Å². The number of fused-ring (bicyclic) bond motifs is 2. The molecule has 6 aromatic rings. The van der Waals surface area contributed by atoms with Gasteiger partial charge in [0.2, 0.25) is 11.8 Å². The van der Waals surface area contributed by atoms with Crippen LogP contribution in [0.1, 0.15) is 96.1 Å². The van der Waals surface area contributed by atoms with Crippen molar-refractivity contribution in [1.82, 2.24) is 10.2 Å². The molecule has 0 aliphatic carbocycles. The Bertz CT molecular complexity index is 3300. The van der Waals surface area contributed by atoms with Gasteiger partial charge in [0.15, 0.2) is 0 Å². The maximum absolute atomic E-state index is 13.8. The predicted molar refractivity (Wildman–Crippen MR) is 306 cm³/mol. The lowest BCUT2D eigenvalue weighted by Gasteiger charge is -2.29. The quantitative estimate of drug-likeness (QED) is 0.0478. The van der Waals surface area contributed by atoms with Crippen LogP contribution >= 0.6 is 22.7 Å². The Morgan fingerprint density at radius 1 is 0.614 bits per heavy atom. The van der Waals surface area contributed by atoms with Gasteiger partial charge in [-0.1, -0.05) is 60.7 Å². The zero-order chi connectivity index (χ0) is 60.6. The summed E-state index contributed by atoms with van der Waals surface area (Å²) in [6, 6.07) is 26.9. The number of esters is 1. The first-order chi connectivity index (χ1) is 39.0. The fourth-order valence-corrected chi connectivity index (χ4v) is 11.3. The molecule has 2 aliphatic rings. The Morgan fingerprint density at radius 2 is 1.06 bits per heavy atom. The Hall–Kier alpha value is -7.43. The van der Waals surface area contributed by atoms with E-state index in [1.54, 1.807) is 136 Å². The zero-order valence-electron chi connectivity index (χ0n) is 47.3. The SMILES string of the molecule is Cc1c(OCc2cc(-c3ccccc3)c(C(F)(F)F)s2)ccc2c1CCN2C(=O)CN(CCC(=O)OC(C)(C)C)C(=O)OC(C)(C)C.Cc1c(OCc2cc(-c3ccccc3)c(C(F)(F)F)s2)ccc2c1CCN2C(=O)CNCCC(=O)O. The minimum atomic E-state index is -4.50. The van der Waals surface area contributed by atoms with Crippen LogP contribution in [0.3, 0.4) is 0 Å². The highest BCUT2D eigenvalue weighted by molar-refractivity contribution is 7.13. The molecule has 0 bridgehead atoms. The average Bonchev–Trinajstić information content (AvgIpc) is 4.47. The van der Waals surface area contributed by atoms with Gasteiger partial charge in [0.25, 0.3) is 0 Å². The molecule has 0 saturated carbocycles. The number of nitrogens with one attached hydrogen (secondary N) is 1. The molecule has 2 aromatic heterocycles. The number of nitrogens with zero attached hydrogens (tertiary/aromatic N) is 3. The number of carboxylic acid groups (broad SMARTS) is 1. The molecule has 0 fully saturated rings. The lowest BCUT2D eigenvalue weighted by Crippen LogP contribution is -2.45. The highest BCUT2D eigenvalue weighted by Crippen LogP contribution is 2.45. The topological polar surface area (TPSA) is 164 Å². The van der Waals surface area contributed by atoms with E-state index < -0.39 is 51.3 Å². The number of carboxylic acids is 1. The second kappa shape index (κ2) is 26.4. The molecule has 4 aromatic carbocycles. The van der Waals surface area contributed by atoms with Crippen molar-refractivity contribution in [3.63, 3.8) is 0 Å². The zero-order valence-corrected chi connectivity index (χ0v) is 48.9. The van der Waals surface area contributed by atoms with Crippen molar-refractivity contribution in [1.29, 1.82) is 0 Å². The van der Waals surface area contributed by atoms with Gasteiger partial charge in [0, 0.05) is 58.4 Å². The van der Waals surface area contributed by atoms with Crippen LogP contribution in [-0.4, -0.2) is 90.3 Å². The van der Waals surface area contributed by atoms with Crippen molar-refractivity contribution >= 4 is 63.9 Å². The molecule has 8 rings (SSSR count). The fourth-order valence-electron chi connectivity index (χ4n) is 9.42. The minimum absolute atomic E-state index is 0.00362. The first-order valence-corrected chi connectivity index (χ1v) is 28.3. The first kappa shape index (κ1) is 63.2. The van der Waals surface area contributed by atoms with Crippen molar-refractivity contribution in [2.24, 2.45) is 0 Å². The molecule has 0 unspecified atom stereocenters. The highest BCUT2D eigenvalue weighted by Gasteiger charge is 2.38. The predicted octanol–water partition coefficient (Wildman–Crippen LogP) is 13.5. The van der Waals surface area contributed by atoms with E-state index in [0.29, 0.717) is 86.7 Å². The third-order valence-electron chi connectivity index (χ3n) is 13.2. The molecule has 14 nitrogen and oxygen atoms in total. The number of benzene rings is 4. The Labute approximate surface area is 485 Å². The van der Waals surface area contributed by atoms with Crippen molar-refractivity contribution in [2.75, 3.05) is 49.1 Å². The molecule has 2 aliphatic heterocycles. The highest BCUT2D eigenvalue weighted by atomic mass is 32.1. The number of hydrogen-bond acceptors (Lipinski definition) is 12. The lowest BCUT2D eigenvalue weighted by atomic mass is 10.1. The van der Waals surface area contributed by atoms with Gasteiger partial charge >= 0.3 is 30.4 Å². The Balaban J connectivity index is 0.000000247. The summed E-state index contributed by atoms with van der Waals surface area (Å²) in [5.41, 5.74) is 4.64. The van der Waals surface area contributed by atoms with E-state index in [1.165, 1.54) is 17.0 Å². The van der Waals surface area contributed by atoms with E-state index in [0.717, 1.165) is 27.9 Å². The normalized spacial score (nSPS) is 13.2. The van der Waals surface area contributed by atoms with Gasteiger partial charge in [-0.25, -0.2) is 4.79 Å². The summed E-state index contributed by atoms with van der Waals surface area (Å²) in [5, 5.41) is 11.5. The van der Waals surface area contributed by atoms with E-state index in [1.807, 2.05) is 13.8 Å². The number of hydrogen-bond donors (Lipinski definition) is 2. The van der Waals surface area contributed by atoms with E-state index >= 15 is 0 Å². The Kier molecular flexibility index (Phi) is 20.1. The summed E-state index contributed by atoms with van der Waals surface area (Å²) in [6.45, 7) is 14.8. The summed E-state index contributed by atoms with van der Waals surface area (Å²) in [5.74, 6) is -0.864. The maximum Gasteiger partial charge on any atom is 0.426 e. The molecule has 2 N–H and O–H groups in total. The van der Waals surface area contributed by atoms with Crippen LogP contribution in [-0.2, 0) is 67.1 Å². The molecule has 0 atom stereocenters. The summed E-state index contributed by atoms with van der Waals surface area (Å²) in [4.78, 5) is 66.1. The monoisotopic (exact) mass is 1190 g/mol. The number of anilines is 2. The molecular formula is C61H66F6N4O10S2. The third-order valence-corrected chi connectivity index (χ3v) is 15.5. The van der Waals surface area contributed by atoms with Crippen LogP contribution in [0.15, 0.2) is 97.1 Å². The number of rotatable bonds is 18. The van der Waals surface area contributed by atoms with Crippen LogP contribution in [0.5, 0.6) is 11.5 Å². The molecule has 444 valence electrons. The molecule has 3 amide bonds. The van der Waals surface area contributed by atoms with Crippen molar-refractivity contribution in [2.45, 2.75) is 118 Å². The fraction of sp³-hybridized carbons (Fsp3) is 0.393. The van der Waals surface area contributed by atoms with E-state index in [4.69, 9.17) is 24.1 Å². The molecule has 83 heavy (non-hydrogen) atoms. The lowest BCUT2D eigenvalue weighted by molar-refractivity contribution is -0.155. The minimum Gasteiger partial charge on any atom is -0.488 e. The van der Waals surface area contributed by atoms with Crippen molar-refractivity contribution in [3.8, 4) is 33.8 Å². The summed E-state index contributed by atoms with van der Waals surface area (Å²) >= 11 is 1.34. The molecule has 0 spiro atoms. The molecule has 0 saturated heterocycles. The molecule has 22 heteroatoms. The number of carbonyl (C=O) groups is 5. The van der Waals surface area contributed by atoms with Gasteiger partial charge in [-0.3, -0.25) is 24.1 Å². The van der Waals surface area contributed by atoms with Crippen LogP contribution in [0, 0.1) is 13.8 Å². The van der Waals surface area contributed by atoms with Gasteiger partial charge in [-0.05, 0) is 138 Å². The van der Waals surface area contributed by atoms with Gasteiger partial charge < -0.3 is 39.2 Å². The number of ether oxygens (including phenoxy) is 4. The van der Waals surface area contributed by atoms with E-state index in [-0.39, 0.29) is 75.2 Å². The van der Waals surface area contributed by atoms with Crippen LogP contribution in [0.4, 0.5) is 42.5 Å². The number of halogens is 6. The second-order valence-corrected chi connectivity index (χ2v) is 24.0. The average molecular weight is 1190 g/mol. The van der Waals surface area contributed by atoms with Gasteiger partial charge in [-0.15, -0.1) is 22.7 Å². The molecule has 0 radical (unpaired) electrons. The largest absolute Gasteiger partial charge is 0.488 e. The van der Waals surface area contributed by atoms with E-state index in [2.05, 4.69) is 5.32 Å². The Morgan fingerprint density at radius 3 is 1.48 bits per heavy atom. The summed E-state index contributed by atoms with van der Waals surface area (Å²) in [6.07, 6.45) is -8.68. The van der Waals surface area contributed by atoms with E-state index in [9.17, 15) is 50.3 Å². The number of thiophene rings is 2. The first-order valence-electron chi connectivity index (χ1n) is 26.7. The number of carbonyl (C=O) groups excluding carboxylic acids is 4. The van der Waals surface area contributed by atoms with Gasteiger partial charge in [-0.2, -0.15) is 26.3 Å². The van der Waals surface area contributed by atoms with Crippen LogP contribution in [0.2, 0.25) is 0 Å². The molecular weight excluding hydrogens is 1130 g/mol. The smallest absolute Gasteiger partial charge is 0.426 e. The number of alkyl halides is 6. The summed E-state index contributed by atoms with van der Waals surface area (Å²) in [7, 11) is 0. The van der Waals surface area contributed by atoms with Crippen molar-refractivity contribution in [3.05, 3.63) is 139 Å². The standard InChI is InChI=1S/C35H41F3N2O6S.C26H25F3N2O4S/c1-22-25-15-18-40(29(41)20-39(32(43)46-34(5,6)7)17-16-30(42)45-33(2,3)4)27(25)13-14-28(22)44-21-24-19-26(23-11-9-8-10-12-23)31(47-24)35(36,37)38;1-16-19-10-12-31(23(32)14-30-11-9-24(33)34)21(19)7-8-22(16)35-15-18-13-20(17-5-3-2-4-6-17)25(36-18)26(27,28)29/h8-14,19H,15-18,20-21H2,1-7H3;2-8,13,30H,9-12,14-15H2,1H3,(H,33,34).